The van der Waals surface area contributed by atoms with Gasteiger partial charge in [-0.15, -0.1) is 0 Å². The van der Waals surface area contributed by atoms with Crippen molar-refractivity contribution in [3.8, 4) is 0 Å². The first-order valence-electron chi connectivity index (χ1n) is 8.30. The molecule has 3 rings (SSSR count). The second kappa shape index (κ2) is 7.35. The SMILES string of the molecule is CCc1cccc(NC(=O)C2=NN(c3ccc(F)cc3)[C@@H](C(N)=O)C2)c1. The number of benzene rings is 2. The standard InChI is InChI=1S/C19H19FN4O2/c1-2-12-4-3-5-14(10-12)22-19(26)16-11-17(18(21)25)24(23-16)15-8-6-13(20)7-9-15/h3-10,17H,2,11H2,1H3,(H2,21,25)(H,22,26)/t17-/m1/s1. The van der Waals surface area contributed by atoms with Crippen molar-refractivity contribution in [2.45, 2.75) is 25.8 Å². The van der Waals surface area contributed by atoms with Crippen molar-refractivity contribution in [2.75, 3.05) is 10.3 Å². The molecule has 0 unspecified atom stereocenters. The van der Waals surface area contributed by atoms with Gasteiger partial charge >= 0.3 is 0 Å². The van der Waals surface area contributed by atoms with E-state index in [-0.39, 0.29) is 12.1 Å². The minimum atomic E-state index is -0.789. The van der Waals surface area contributed by atoms with Crippen molar-refractivity contribution in [1.29, 1.82) is 0 Å². The molecule has 0 radical (unpaired) electrons. The Morgan fingerprint density at radius 1 is 1.27 bits per heavy atom. The van der Waals surface area contributed by atoms with Gasteiger partial charge in [0.25, 0.3) is 5.91 Å². The molecule has 2 aromatic rings. The van der Waals surface area contributed by atoms with E-state index in [0.29, 0.717) is 11.4 Å². The van der Waals surface area contributed by atoms with Crippen molar-refractivity contribution < 1.29 is 14.0 Å². The highest BCUT2D eigenvalue weighted by atomic mass is 19.1. The van der Waals surface area contributed by atoms with E-state index in [9.17, 15) is 14.0 Å². The van der Waals surface area contributed by atoms with Crippen LogP contribution in [0.25, 0.3) is 0 Å². The monoisotopic (exact) mass is 354 g/mol. The number of nitrogens with two attached hydrogens (primary N) is 1. The van der Waals surface area contributed by atoms with Crippen LogP contribution in [0.4, 0.5) is 15.8 Å². The van der Waals surface area contributed by atoms with Crippen LogP contribution in [0.15, 0.2) is 53.6 Å². The number of aryl methyl sites for hydroxylation is 1. The molecular formula is C19H19FN4O2. The van der Waals surface area contributed by atoms with Crippen LogP contribution in [0.1, 0.15) is 18.9 Å². The van der Waals surface area contributed by atoms with E-state index < -0.39 is 23.7 Å². The van der Waals surface area contributed by atoms with Gasteiger partial charge in [-0.1, -0.05) is 19.1 Å². The third-order valence-corrected chi connectivity index (χ3v) is 4.19. The molecular weight excluding hydrogens is 335 g/mol. The number of hydrogen-bond donors (Lipinski definition) is 2. The molecule has 0 bridgehead atoms. The lowest BCUT2D eigenvalue weighted by atomic mass is 10.1. The molecule has 134 valence electrons. The molecule has 1 aliphatic heterocycles. The highest BCUT2D eigenvalue weighted by Crippen LogP contribution is 2.25. The largest absolute Gasteiger partial charge is 0.368 e. The molecule has 2 aromatic carbocycles. The number of nitrogens with one attached hydrogen (secondary N) is 1. The maximum Gasteiger partial charge on any atom is 0.271 e. The number of primary amides is 1. The number of amides is 2. The lowest BCUT2D eigenvalue weighted by Gasteiger charge is -2.20. The molecule has 1 atom stereocenters. The first-order valence-corrected chi connectivity index (χ1v) is 8.30. The first-order chi connectivity index (χ1) is 12.5. The van der Waals surface area contributed by atoms with Crippen molar-refractivity contribution in [3.05, 3.63) is 59.9 Å². The summed E-state index contributed by atoms with van der Waals surface area (Å²) in [5, 5.41) is 8.39. The fraction of sp³-hybridized carbons (Fsp3) is 0.211. The minimum absolute atomic E-state index is 0.0893. The van der Waals surface area contributed by atoms with Crippen LogP contribution in [0.5, 0.6) is 0 Å². The van der Waals surface area contributed by atoms with Crippen LogP contribution in [-0.2, 0) is 16.0 Å². The number of halogens is 1. The van der Waals surface area contributed by atoms with Gasteiger partial charge in [-0.05, 0) is 48.4 Å². The van der Waals surface area contributed by atoms with Crippen LogP contribution >= 0.6 is 0 Å². The van der Waals surface area contributed by atoms with E-state index in [1.807, 2.05) is 25.1 Å². The molecule has 6 nitrogen and oxygen atoms in total. The highest BCUT2D eigenvalue weighted by Gasteiger charge is 2.35. The zero-order valence-corrected chi connectivity index (χ0v) is 14.3. The topological polar surface area (TPSA) is 87.8 Å². The predicted octanol–water partition coefficient (Wildman–Crippen LogP) is 2.45. The number of carbonyl (C=O) groups excluding carboxylic acids is 2. The van der Waals surface area contributed by atoms with Gasteiger partial charge in [0.15, 0.2) is 0 Å². The molecule has 2 amide bonds. The van der Waals surface area contributed by atoms with Gasteiger partial charge < -0.3 is 11.1 Å². The van der Waals surface area contributed by atoms with Crippen LogP contribution in [-0.4, -0.2) is 23.6 Å². The number of rotatable bonds is 5. The zero-order chi connectivity index (χ0) is 18.7. The maximum absolute atomic E-state index is 13.1. The van der Waals surface area contributed by atoms with E-state index in [1.165, 1.54) is 29.3 Å². The normalized spacial score (nSPS) is 16.3. The molecule has 0 saturated heterocycles. The van der Waals surface area contributed by atoms with E-state index in [0.717, 1.165) is 12.0 Å². The van der Waals surface area contributed by atoms with Gasteiger partial charge in [-0.25, -0.2) is 4.39 Å². The Kier molecular flexibility index (Phi) is 4.97. The summed E-state index contributed by atoms with van der Waals surface area (Å²) in [5.41, 5.74) is 7.89. The molecule has 0 aliphatic carbocycles. The highest BCUT2D eigenvalue weighted by molar-refractivity contribution is 6.44. The summed E-state index contributed by atoms with van der Waals surface area (Å²) in [6.45, 7) is 2.03. The quantitative estimate of drug-likeness (QED) is 0.864. The molecule has 7 heteroatoms. The smallest absolute Gasteiger partial charge is 0.271 e. The van der Waals surface area contributed by atoms with Gasteiger partial charge in [-0.3, -0.25) is 14.6 Å². The Labute approximate surface area is 150 Å². The Morgan fingerprint density at radius 2 is 2.00 bits per heavy atom. The van der Waals surface area contributed by atoms with E-state index in [4.69, 9.17) is 5.73 Å². The number of carbonyl (C=O) groups is 2. The Morgan fingerprint density at radius 3 is 2.65 bits per heavy atom. The minimum Gasteiger partial charge on any atom is -0.368 e. The Hall–Kier alpha value is -3.22. The molecule has 0 fully saturated rings. The van der Waals surface area contributed by atoms with Crippen molar-refractivity contribution >= 4 is 28.9 Å². The molecule has 1 heterocycles. The van der Waals surface area contributed by atoms with Gasteiger partial charge in [0.1, 0.15) is 17.6 Å². The maximum atomic E-state index is 13.1. The van der Waals surface area contributed by atoms with Crippen LogP contribution < -0.4 is 16.1 Å². The van der Waals surface area contributed by atoms with Crippen molar-refractivity contribution in [3.63, 3.8) is 0 Å². The molecule has 0 aromatic heterocycles. The average Bonchev–Trinajstić information content (AvgIpc) is 3.08. The van der Waals surface area contributed by atoms with Crippen LogP contribution in [0.2, 0.25) is 0 Å². The summed E-state index contributed by atoms with van der Waals surface area (Å²) in [5.74, 6) is -1.40. The first kappa shape index (κ1) is 17.6. The summed E-state index contributed by atoms with van der Waals surface area (Å²) in [4.78, 5) is 24.3. The number of hydrazone groups is 1. The van der Waals surface area contributed by atoms with Gasteiger partial charge in [0.2, 0.25) is 5.91 Å². The Bertz CT molecular complexity index is 864. The predicted molar refractivity (Wildman–Crippen MR) is 98.4 cm³/mol. The third kappa shape index (κ3) is 3.72. The Balaban J connectivity index is 1.82. The molecule has 0 saturated carbocycles. The summed E-state index contributed by atoms with van der Waals surface area (Å²) >= 11 is 0. The lowest BCUT2D eigenvalue weighted by molar-refractivity contribution is -0.119. The molecule has 26 heavy (non-hydrogen) atoms. The van der Waals surface area contributed by atoms with E-state index in [2.05, 4.69) is 10.4 Å². The number of nitrogens with zero attached hydrogens (tertiary/aromatic N) is 2. The second-order valence-electron chi connectivity index (χ2n) is 6.00. The van der Waals surface area contributed by atoms with Crippen molar-refractivity contribution in [1.82, 2.24) is 0 Å². The van der Waals surface area contributed by atoms with Gasteiger partial charge in [0, 0.05) is 12.1 Å². The summed E-state index contributed by atoms with van der Waals surface area (Å²) < 4.78 is 13.1. The second-order valence-corrected chi connectivity index (χ2v) is 6.00. The molecule has 3 N–H and O–H groups in total. The van der Waals surface area contributed by atoms with Crippen LogP contribution in [0.3, 0.4) is 0 Å². The van der Waals surface area contributed by atoms with Crippen LogP contribution in [0, 0.1) is 5.82 Å². The van der Waals surface area contributed by atoms with Gasteiger partial charge in [-0.2, -0.15) is 5.10 Å². The number of hydrogen-bond acceptors (Lipinski definition) is 4. The van der Waals surface area contributed by atoms with Crippen molar-refractivity contribution in [2.24, 2.45) is 10.8 Å². The number of anilines is 2. The lowest BCUT2D eigenvalue weighted by Crippen LogP contribution is -2.39. The molecule has 1 aliphatic rings. The average molecular weight is 354 g/mol. The fourth-order valence-corrected chi connectivity index (χ4v) is 2.77. The zero-order valence-electron chi connectivity index (χ0n) is 14.3. The summed E-state index contributed by atoms with van der Waals surface area (Å²) in [7, 11) is 0. The fourth-order valence-electron chi connectivity index (χ4n) is 2.77. The third-order valence-electron chi connectivity index (χ3n) is 4.19. The summed E-state index contributed by atoms with van der Waals surface area (Å²) in [6.07, 6.45) is 0.943. The van der Waals surface area contributed by atoms with E-state index in [1.54, 1.807) is 6.07 Å². The van der Waals surface area contributed by atoms with E-state index >= 15 is 0 Å². The van der Waals surface area contributed by atoms with Gasteiger partial charge in [0.05, 0.1) is 5.69 Å². The molecule has 0 spiro atoms. The summed E-state index contributed by atoms with van der Waals surface area (Å²) in [6, 6.07) is 12.2.